The maximum absolute atomic E-state index is 5.29. The first-order chi connectivity index (χ1) is 19.8. The molecule has 40 heavy (non-hydrogen) atoms. The molecule has 0 saturated carbocycles. The van der Waals surface area contributed by atoms with Gasteiger partial charge in [0.25, 0.3) is 0 Å². The fourth-order valence-corrected chi connectivity index (χ4v) is 6.67. The standard InChI is InChI=1S/C36H23N3S/c1-4-12-24(13-5-1)27-22-31(25-14-6-2-7-15-25)37-33(23-27)39-32-19-11-10-18-28(32)29-20-21-30-35(34(29)39)40-36(38-30)26-16-8-3-9-17-26/h1-23H. The smallest absolute Gasteiger partial charge is 0.138 e. The maximum atomic E-state index is 5.29. The van der Waals surface area contributed by atoms with E-state index in [0.29, 0.717) is 0 Å². The summed E-state index contributed by atoms with van der Waals surface area (Å²) >= 11 is 1.75. The highest BCUT2D eigenvalue weighted by Crippen LogP contribution is 2.41. The average molecular weight is 530 g/mol. The predicted octanol–water partition coefficient (Wildman–Crippen LogP) is 9.79. The van der Waals surface area contributed by atoms with E-state index < -0.39 is 0 Å². The average Bonchev–Trinajstić information content (AvgIpc) is 3.62. The Kier molecular flexibility index (Phi) is 5.32. The molecular formula is C36H23N3S. The van der Waals surface area contributed by atoms with Gasteiger partial charge in [-0.25, -0.2) is 9.97 Å². The Morgan fingerprint density at radius 2 is 1.15 bits per heavy atom. The Morgan fingerprint density at radius 1 is 0.500 bits per heavy atom. The number of fused-ring (bicyclic) bond motifs is 5. The van der Waals surface area contributed by atoms with Crippen molar-refractivity contribution >= 4 is 43.4 Å². The lowest BCUT2D eigenvalue weighted by atomic mass is 10.0. The summed E-state index contributed by atoms with van der Waals surface area (Å²) < 4.78 is 3.50. The van der Waals surface area contributed by atoms with Crippen molar-refractivity contribution in [2.45, 2.75) is 0 Å². The van der Waals surface area contributed by atoms with Gasteiger partial charge in [0, 0.05) is 21.9 Å². The summed E-state index contributed by atoms with van der Waals surface area (Å²) in [7, 11) is 0. The summed E-state index contributed by atoms with van der Waals surface area (Å²) in [5, 5.41) is 3.44. The zero-order valence-corrected chi connectivity index (χ0v) is 22.3. The van der Waals surface area contributed by atoms with Crippen molar-refractivity contribution in [3.63, 3.8) is 0 Å². The van der Waals surface area contributed by atoms with Gasteiger partial charge in [-0.15, -0.1) is 11.3 Å². The van der Waals surface area contributed by atoms with E-state index in [0.717, 1.165) is 49.8 Å². The van der Waals surface area contributed by atoms with Crippen molar-refractivity contribution in [2.24, 2.45) is 0 Å². The molecule has 8 aromatic rings. The number of hydrogen-bond acceptors (Lipinski definition) is 3. The van der Waals surface area contributed by atoms with E-state index in [-0.39, 0.29) is 0 Å². The molecule has 0 spiro atoms. The third-order valence-corrected chi connectivity index (χ3v) is 8.56. The van der Waals surface area contributed by atoms with Crippen LogP contribution >= 0.6 is 11.3 Å². The molecule has 0 atom stereocenters. The Bertz CT molecular complexity index is 2090. The number of para-hydroxylation sites is 1. The summed E-state index contributed by atoms with van der Waals surface area (Å²) in [6.07, 6.45) is 0. The van der Waals surface area contributed by atoms with Crippen molar-refractivity contribution < 1.29 is 0 Å². The molecule has 3 heterocycles. The van der Waals surface area contributed by atoms with Crippen LogP contribution < -0.4 is 0 Å². The van der Waals surface area contributed by atoms with E-state index in [2.05, 4.69) is 132 Å². The molecule has 8 rings (SSSR count). The van der Waals surface area contributed by atoms with Gasteiger partial charge in [0.15, 0.2) is 0 Å². The number of benzene rings is 5. The fraction of sp³-hybridized carbons (Fsp3) is 0. The summed E-state index contributed by atoms with van der Waals surface area (Å²) in [5.41, 5.74) is 8.76. The maximum Gasteiger partial charge on any atom is 0.138 e. The lowest BCUT2D eigenvalue weighted by Crippen LogP contribution is -2.00. The minimum Gasteiger partial charge on any atom is -0.292 e. The molecule has 0 fully saturated rings. The minimum atomic E-state index is 0.897. The summed E-state index contributed by atoms with van der Waals surface area (Å²) in [6, 6.07) is 48.8. The van der Waals surface area contributed by atoms with Gasteiger partial charge in [0.05, 0.1) is 26.9 Å². The zero-order valence-electron chi connectivity index (χ0n) is 21.5. The van der Waals surface area contributed by atoms with Crippen LogP contribution in [-0.4, -0.2) is 14.5 Å². The molecule has 4 heteroatoms. The van der Waals surface area contributed by atoms with Gasteiger partial charge in [0.2, 0.25) is 0 Å². The van der Waals surface area contributed by atoms with Crippen molar-refractivity contribution in [3.8, 4) is 38.8 Å². The van der Waals surface area contributed by atoms with Crippen LogP contribution in [-0.2, 0) is 0 Å². The second-order valence-corrected chi connectivity index (χ2v) is 10.9. The molecule has 0 aliphatic heterocycles. The first kappa shape index (κ1) is 22.9. The molecule has 0 radical (unpaired) electrons. The molecule has 5 aromatic carbocycles. The van der Waals surface area contributed by atoms with E-state index in [9.17, 15) is 0 Å². The lowest BCUT2D eigenvalue weighted by molar-refractivity contribution is 1.09. The molecule has 0 aliphatic rings. The van der Waals surface area contributed by atoms with Crippen LogP contribution in [0.4, 0.5) is 0 Å². The number of rotatable bonds is 4. The van der Waals surface area contributed by atoms with Crippen LogP contribution in [0, 0.1) is 0 Å². The molecule has 0 aliphatic carbocycles. The second kappa shape index (κ2) is 9.30. The second-order valence-electron chi connectivity index (χ2n) is 9.88. The van der Waals surface area contributed by atoms with Gasteiger partial charge in [-0.1, -0.05) is 109 Å². The summed E-state index contributed by atoms with van der Waals surface area (Å²) in [5.74, 6) is 0.897. The van der Waals surface area contributed by atoms with Crippen LogP contribution in [0.5, 0.6) is 0 Å². The highest BCUT2D eigenvalue weighted by Gasteiger charge is 2.19. The zero-order chi connectivity index (χ0) is 26.5. The first-order valence-electron chi connectivity index (χ1n) is 13.3. The summed E-state index contributed by atoms with van der Waals surface area (Å²) in [4.78, 5) is 10.3. The number of thiazole rings is 1. The van der Waals surface area contributed by atoms with Crippen LogP contribution in [0.15, 0.2) is 140 Å². The first-order valence-corrected chi connectivity index (χ1v) is 14.2. The van der Waals surface area contributed by atoms with Gasteiger partial charge in [0.1, 0.15) is 10.8 Å². The minimum absolute atomic E-state index is 0.897. The van der Waals surface area contributed by atoms with Gasteiger partial charge in [-0.05, 0) is 41.5 Å². The number of hydrogen-bond donors (Lipinski definition) is 0. The summed E-state index contributed by atoms with van der Waals surface area (Å²) in [6.45, 7) is 0. The third-order valence-electron chi connectivity index (χ3n) is 7.43. The molecule has 0 unspecified atom stereocenters. The van der Waals surface area contributed by atoms with Crippen LogP contribution in [0.2, 0.25) is 0 Å². The molecule has 188 valence electrons. The predicted molar refractivity (Wildman–Crippen MR) is 168 cm³/mol. The molecule has 3 nitrogen and oxygen atoms in total. The quantitative estimate of drug-likeness (QED) is 0.227. The van der Waals surface area contributed by atoms with Crippen LogP contribution in [0.3, 0.4) is 0 Å². The van der Waals surface area contributed by atoms with Crippen LogP contribution in [0.25, 0.3) is 70.8 Å². The van der Waals surface area contributed by atoms with E-state index in [1.54, 1.807) is 11.3 Å². The van der Waals surface area contributed by atoms with Crippen LogP contribution in [0.1, 0.15) is 0 Å². The van der Waals surface area contributed by atoms with Crippen molar-refractivity contribution in [3.05, 3.63) is 140 Å². The lowest BCUT2D eigenvalue weighted by Gasteiger charge is -2.13. The molecule has 0 saturated heterocycles. The Labute approximate surface area is 235 Å². The Morgan fingerprint density at radius 3 is 1.90 bits per heavy atom. The molecule has 0 amide bonds. The molecule has 3 aromatic heterocycles. The normalized spacial score (nSPS) is 11.5. The third kappa shape index (κ3) is 3.73. The molecule has 0 bridgehead atoms. The van der Waals surface area contributed by atoms with Gasteiger partial charge in [-0.2, -0.15) is 0 Å². The van der Waals surface area contributed by atoms with Gasteiger partial charge in [-0.3, -0.25) is 4.57 Å². The van der Waals surface area contributed by atoms with Gasteiger partial charge < -0.3 is 0 Å². The largest absolute Gasteiger partial charge is 0.292 e. The van der Waals surface area contributed by atoms with E-state index in [4.69, 9.17) is 9.97 Å². The van der Waals surface area contributed by atoms with Crippen molar-refractivity contribution in [1.82, 2.24) is 14.5 Å². The number of nitrogens with zero attached hydrogens (tertiary/aromatic N) is 3. The number of aromatic nitrogens is 3. The molecular weight excluding hydrogens is 506 g/mol. The topological polar surface area (TPSA) is 30.7 Å². The number of pyridine rings is 1. The highest BCUT2D eigenvalue weighted by atomic mass is 32.1. The SMILES string of the molecule is c1ccc(-c2cc(-c3ccccc3)nc(-n3c4ccccc4c4ccc5nc(-c6ccccc6)sc5c43)c2)cc1. The van der Waals surface area contributed by atoms with E-state index in [1.807, 2.05) is 12.1 Å². The van der Waals surface area contributed by atoms with E-state index in [1.165, 1.54) is 21.0 Å². The van der Waals surface area contributed by atoms with E-state index >= 15 is 0 Å². The monoisotopic (exact) mass is 529 g/mol. The fourth-order valence-electron chi connectivity index (χ4n) is 5.56. The Hall–Kier alpha value is -5.06. The van der Waals surface area contributed by atoms with Gasteiger partial charge >= 0.3 is 0 Å². The Balaban J connectivity index is 1.47. The highest BCUT2D eigenvalue weighted by molar-refractivity contribution is 7.22. The van der Waals surface area contributed by atoms with Crippen molar-refractivity contribution in [2.75, 3.05) is 0 Å². The van der Waals surface area contributed by atoms with Crippen molar-refractivity contribution in [1.29, 1.82) is 0 Å². The molecule has 0 N–H and O–H groups in total.